The van der Waals surface area contributed by atoms with Gasteiger partial charge in [-0.2, -0.15) is 13.2 Å². The van der Waals surface area contributed by atoms with Crippen LogP contribution in [0.3, 0.4) is 0 Å². The predicted molar refractivity (Wildman–Crippen MR) is 56.0 cm³/mol. The number of hydrogen-bond acceptors (Lipinski definition) is 1. The van der Waals surface area contributed by atoms with E-state index in [4.69, 9.17) is 0 Å². The summed E-state index contributed by atoms with van der Waals surface area (Å²) in [5.74, 6) is 0. The summed E-state index contributed by atoms with van der Waals surface area (Å²) >= 11 is 0. The van der Waals surface area contributed by atoms with Crippen LogP contribution in [-0.4, -0.2) is 5.11 Å². The Morgan fingerprint density at radius 1 is 1.44 bits per heavy atom. The molecule has 16 heavy (non-hydrogen) atoms. The lowest BCUT2D eigenvalue weighted by atomic mass is 9.99. The standard InChI is InChI=1S/C12H13F3O/c1-3-4-11(16)10-6-5-9(7-8(10)2)12(13,14)15/h3,5-7,11,16H,1,4H2,2H3. The molecule has 1 aromatic rings. The van der Waals surface area contributed by atoms with E-state index in [1.807, 2.05) is 0 Å². The monoisotopic (exact) mass is 230 g/mol. The minimum atomic E-state index is -4.34. The van der Waals surface area contributed by atoms with Crippen LogP contribution in [0.4, 0.5) is 13.2 Å². The van der Waals surface area contributed by atoms with Gasteiger partial charge in [-0.05, 0) is 36.6 Å². The van der Waals surface area contributed by atoms with Crippen molar-refractivity contribution in [2.75, 3.05) is 0 Å². The molecule has 0 amide bonds. The first-order valence-corrected chi connectivity index (χ1v) is 4.83. The molecule has 0 saturated carbocycles. The smallest absolute Gasteiger partial charge is 0.388 e. The number of aliphatic hydroxyl groups excluding tert-OH is 1. The van der Waals surface area contributed by atoms with Crippen molar-refractivity contribution in [3.05, 3.63) is 47.5 Å². The van der Waals surface area contributed by atoms with Crippen molar-refractivity contribution in [3.63, 3.8) is 0 Å². The molecule has 0 aliphatic heterocycles. The SMILES string of the molecule is C=CCC(O)c1ccc(C(F)(F)F)cc1C. The van der Waals surface area contributed by atoms with E-state index < -0.39 is 17.8 Å². The molecule has 0 heterocycles. The molecule has 0 aliphatic rings. The molecule has 0 spiro atoms. The van der Waals surface area contributed by atoms with Crippen LogP contribution in [0.2, 0.25) is 0 Å². The fourth-order valence-electron chi connectivity index (χ4n) is 1.51. The first-order chi connectivity index (χ1) is 7.36. The van der Waals surface area contributed by atoms with Gasteiger partial charge in [0.1, 0.15) is 0 Å². The highest BCUT2D eigenvalue weighted by molar-refractivity contribution is 5.34. The minimum Gasteiger partial charge on any atom is -0.388 e. The predicted octanol–water partition coefficient (Wildman–Crippen LogP) is 3.62. The Balaban J connectivity index is 3.05. The van der Waals surface area contributed by atoms with Gasteiger partial charge in [0, 0.05) is 0 Å². The Bertz CT molecular complexity index is 382. The summed E-state index contributed by atoms with van der Waals surface area (Å²) in [6.45, 7) is 5.03. The normalized spacial score (nSPS) is 13.6. The Morgan fingerprint density at radius 2 is 2.06 bits per heavy atom. The minimum absolute atomic E-state index is 0.326. The molecular formula is C12H13F3O. The molecular weight excluding hydrogens is 217 g/mol. The van der Waals surface area contributed by atoms with Crippen LogP contribution >= 0.6 is 0 Å². The number of aryl methyl sites for hydroxylation is 1. The van der Waals surface area contributed by atoms with Crippen molar-refractivity contribution in [1.29, 1.82) is 0 Å². The fraction of sp³-hybridized carbons (Fsp3) is 0.333. The van der Waals surface area contributed by atoms with Gasteiger partial charge in [0.25, 0.3) is 0 Å². The molecule has 4 heteroatoms. The second-order valence-corrected chi connectivity index (χ2v) is 3.61. The van der Waals surface area contributed by atoms with E-state index in [0.717, 1.165) is 12.1 Å². The van der Waals surface area contributed by atoms with Gasteiger partial charge in [-0.3, -0.25) is 0 Å². The summed E-state index contributed by atoms with van der Waals surface area (Å²) in [5.41, 5.74) is 0.247. The van der Waals surface area contributed by atoms with E-state index in [1.54, 1.807) is 6.92 Å². The maximum Gasteiger partial charge on any atom is 0.416 e. The maximum atomic E-state index is 12.4. The quantitative estimate of drug-likeness (QED) is 0.786. The first kappa shape index (κ1) is 12.8. The number of rotatable bonds is 3. The lowest BCUT2D eigenvalue weighted by Crippen LogP contribution is -2.07. The molecule has 1 rings (SSSR count). The second-order valence-electron chi connectivity index (χ2n) is 3.61. The molecule has 1 unspecified atom stereocenters. The highest BCUT2D eigenvalue weighted by atomic mass is 19.4. The lowest BCUT2D eigenvalue weighted by Gasteiger charge is -2.14. The molecule has 1 aromatic carbocycles. The van der Waals surface area contributed by atoms with E-state index in [1.165, 1.54) is 12.1 Å². The van der Waals surface area contributed by atoms with Gasteiger partial charge in [-0.1, -0.05) is 12.1 Å². The van der Waals surface area contributed by atoms with Gasteiger partial charge in [0.2, 0.25) is 0 Å². The molecule has 0 radical (unpaired) electrons. The third-order valence-corrected chi connectivity index (χ3v) is 2.35. The highest BCUT2D eigenvalue weighted by Crippen LogP contribution is 2.32. The van der Waals surface area contributed by atoms with E-state index in [0.29, 0.717) is 17.5 Å². The summed E-state index contributed by atoms with van der Waals surface area (Å²) in [6, 6.07) is 3.34. The molecule has 88 valence electrons. The number of aliphatic hydroxyl groups is 1. The Labute approximate surface area is 92.2 Å². The van der Waals surface area contributed by atoms with Crippen LogP contribution < -0.4 is 0 Å². The number of halogens is 3. The Hall–Kier alpha value is -1.29. The third-order valence-electron chi connectivity index (χ3n) is 2.35. The molecule has 0 saturated heterocycles. The molecule has 0 aliphatic carbocycles. The molecule has 1 N–H and O–H groups in total. The van der Waals surface area contributed by atoms with Crippen molar-refractivity contribution in [1.82, 2.24) is 0 Å². The van der Waals surface area contributed by atoms with Crippen LogP contribution in [0.15, 0.2) is 30.9 Å². The Kier molecular flexibility index (Phi) is 3.75. The summed E-state index contributed by atoms with van der Waals surface area (Å²) in [7, 11) is 0. The van der Waals surface area contributed by atoms with Crippen molar-refractivity contribution in [2.45, 2.75) is 25.6 Å². The van der Waals surface area contributed by atoms with Gasteiger partial charge in [0.05, 0.1) is 11.7 Å². The topological polar surface area (TPSA) is 20.2 Å². The fourth-order valence-corrected chi connectivity index (χ4v) is 1.51. The van der Waals surface area contributed by atoms with Gasteiger partial charge in [-0.15, -0.1) is 6.58 Å². The molecule has 1 nitrogen and oxygen atoms in total. The van der Waals surface area contributed by atoms with Crippen LogP contribution in [0.5, 0.6) is 0 Å². The van der Waals surface area contributed by atoms with Crippen molar-refractivity contribution in [2.24, 2.45) is 0 Å². The van der Waals surface area contributed by atoms with Crippen molar-refractivity contribution in [3.8, 4) is 0 Å². The zero-order valence-corrected chi connectivity index (χ0v) is 8.88. The largest absolute Gasteiger partial charge is 0.416 e. The molecule has 0 fully saturated rings. The maximum absolute atomic E-state index is 12.4. The van der Waals surface area contributed by atoms with Gasteiger partial charge < -0.3 is 5.11 Å². The van der Waals surface area contributed by atoms with E-state index in [9.17, 15) is 18.3 Å². The molecule has 0 bridgehead atoms. The highest BCUT2D eigenvalue weighted by Gasteiger charge is 2.30. The first-order valence-electron chi connectivity index (χ1n) is 4.83. The van der Waals surface area contributed by atoms with Crippen LogP contribution in [-0.2, 0) is 6.18 Å². The van der Waals surface area contributed by atoms with Gasteiger partial charge >= 0.3 is 6.18 Å². The second kappa shape index (κ2) is 4.70. The van der Waals surface area contributed by atoms with Crippen LogP contribution in [0.1, 0.15) is 29.2 Å². The third kappa shape index (κ3) is 2.85. The van der Waals surface area contributed by atoms with Gasteiger partial charge in [-0.25, -0.2) is 0 Å². The number of alkyl halides is 3. The van der Waals surface area contributed by atoms with Crippen molar-refractivity contribution < 1.29 is 18.3 Å². The average Bonchev–Trinajstić information content (AvgIpc) is 2.16. The summed E-state index contributed by atoms with van der Waals surface area (Å²) in [4.78, 5) is 0. The molecule has 0 aromatic heterocycles. The van der Waals surface area contributed by atoms with E-state index >= 15 is 0 Å². The Morgan fingerprint density at radius 3 is 2.50 bits per heavy atom. The van der Waals surface area contributed by atoms with Crippen LogP contribution in [0, 0.1) is 6.92 Å². The van der Waals surface area contributed by atoms with Crippen molar-refractivity contribution >= 4 is 0 Å². The summed E-state index contributed by atoms with van der Waals surface area (Å²) in [5, 5.41) is 9.64. The van der Waals surface area contributed by atoms with Crippen LogP contribution in [0.25, 0.3) is 0 Å². The van der Waals surface area contributed by atoms with Gasteiger partial charge in [0.15, 0.2) is 0 Å². The average molecular weight is 230 g/mol. The lowest BCUT2D eigenvalue weighted by molar-refractivity contribution is -0.137. The zero-order chi connectivity index (χ0) is 12.3. The van der Waals surface area contributed by atoms with E-state index in [-0.39, 0.29) is 0 Å². The summed E-state index contributed by atoms with van der Waals surface area (Å²) in [6.07, 6.45) is -3.28. The summed E-state index contributed by atoms with van der Waals surface area (Å²) < 4.78 is 37.1. The zero-order valence-electron chi connectivity index (χ0n) is 8.88. The number of benzene rings is 1. The van der Waals surface area contributed by atoms with E-state index in [2.05, 4.69) is 6.58 Å². The molecule has 1 atom stereocenters. The number of hydrogen-bond donors (Lipinski definition) is 1.